The summed E-state index contributed by atoms with van der Waals surface area (Å²) in [6.07, 6.45) is 7.07. The first-order valence-corrected chi connectivity index (χ1v) is 11.3. The highest BCUT2D eigenvalue weighted by molar-refractivity contribution is 7.98. The molecular weight excluding hydrogens is 406 g/mol. The van der Waals surface area contributed by atoms with E-state index in [0.717, 1.165) is 33.7 Å². The topological polar surface area (TPSA) is 64.9 Å². The number of anilines is 1. The lowest BCUT2D eigenvalue weighted by molar-refractivity contribution is 0.223. The molecule has 31 heavy (non-hydrogen) atoms. The highest BCUT2D eigenvalue weighted by atomic mass is 32.2. The van der Waals surface area contributed by atoms with Crippen LogP contribution < -0.4 is 10.1 Å². The molecule has 0 aliphatic carbocycles. The van der Waals surface area contributed by atoms with Crippen molar-refractivity contribution in [3.8, 4) is 5.75 Å². The van der Waals surface area contributed by atoms with Crippen molar-refractivity contribution < 1.29 is 4.74 Å². The van der Waals surface area contributed by atoms with Crippen molar-refractivity contribution in [2.75, 3.05) is 11.6 Å². The third-order valence-corrected chi connectivity index (χ3v) is 6.48. The first kappa shape index (κ1) is 18.2. The highest BCUT2D eigenvalue weighted by Gasteiger charge is 2.40. The minimum Gasteiger partial charge on any atom is -0.480 e. The molecule has 1 N–H and O–H groups in total. The molecule has 2 aliphatic heterocycles. The van der Waals surface area contributed by atoms with Gasteiger partial charge in [-0.2, -0.15) is 10.1 Å². The first-order chi connectivity index (χ1) is 15.3. The maximum Gasteiger partial charge on any atom is 0.226 e. The molecule has 0 amide bonds. The summed E-state index contributed by atoms with van der Waals surface area (Å²) in [7, 11) is 0. The summed E-state index contributed by atoms with van der Waals surface area (Å²) in [4.78, 5) is 10.1. The van der Waals surface area contributed by atoms with E-state index in [9.17, 15) is 0 Å². The molecule has 0 radical (unpaired) electrons. The van der Waals surface area contributed by atoms with Gasteiger partial charge in [0.25, 0.3) is 0 Å². The lowest BCUT2D eigenvalue weighted by atomic mass is 9.85. The number of ether oxygens (including phenoxy) is 1. The van der Waals surface area contributed by atoms with Crippen molar-refractivity contribution >= 4 is 23.4 Å². The minimum atomic E-state index is -0.268. The largest absolute Gasteiger partial charge is 0.480 e. The summed E-state index contributed by atoms with van der Waals surface area (Å²) in [5.74, 6) is 1.56. The maximum absolute atomic E-state index is 6.62. The molecule has 0 saturated carbocycles. The van der Waals surface area contributed by atoms with E-state index in [0.29, 0.717) is 5.95 Å². The van der Waals surface area contributed by atoms with E-state index < -0.39 is 0 Å². The van der Waals surface area contributed by atoms with Crippen LogP contribution in [0.3, 0.4) is 0 Å². The number of thioether (sulfide) groups is 1. The van der Waals surface area contributed by atoms with Crippen molar-refractivity contribution in [1.82, 2.24) is 19.7 Å². The fourth-order valence-corrected chi connectivity index (χ4v) is 4.74. The molecule has 4 aromatic rings. The first-order valence-electron chi connectivity index (χ1n) is 10.0. The van der Waals surface area contributed by atoms with Gasteiger partial charge in [0.2, 0.25) is 5.95 Å². The molecule has 4 heterocycles. The molecule has 0 spiro atoms. The highest BCUT2D eigenvalue weighted by Crippen LogP contribution is 2.50. The van der Waals surface area contributed by atoms with Gasteiger partial charge in [-0.25, -0.2) is 4.68 Å². The van der Waals surface area contributed by atoms with Gasteiger partial charge in [-0.15, -0.1) is 11.8 Å². The van der Waals surface area contributed by atoms with Crippen LogP contribution in [0.4, 0.5) is 5.95 Å². The van der Waals surface area contributed by atoms with Gasteiger partial charge in [-0.05, 0) is 47.7 Å². The van der Waals surface area contributed by atoms with Crippen molar-refractivity contribution in [2.24, 2.45) is 0 Å². The van der Waals surface area contributed by atoms with Gasteiger partial charge in [0.05, 0.1) is 5.70 Å². The van der Waals surface area contributed by atoms with Crippen molar-refractivity contribution in [3.63, 3.8) is 0 Å². The number of rotatable bonds is 3. The van der Waals surface area contributed by atoms with Crippen LogP contribution in [0.25, 0.3) is 5.70 Å². The lowest BCUT2D eigenvalue weighted by Crippen LogP contribution is -2.32. The molecule has 6 nitrogen and oxygen atoms in total. The van der Waals surface area contributed by atoms with E-state index in [1.165, 1.54) is 4.90 Å². The van der Waals surface area contributed by atoms with Gasteiger partial charge < -0.3 is 10.1 Å². The van der Waals surface area contributed by atoms with E-state index in [1.54, 1.807) is 24.3 Å². The molecule has 2 atom stereocenters. The number of hydrogen-bond acceptors (Lipinski definition) is 6. The van der Waals surface area contributed by atoms with Gasteiger partial charge in [-0.1, -0.05) is 30.3 Å². The summed E-state index contributed by atoms with van der Waals surface area (Å²) >= 11 is 1.73. The second-order valence-corrected chi connectivity index (χ2v) is 8.32. The Morgan fingerprint density at radius 2 is 1.87 bits per heavy atom. The standard InChI is InChI=1S/C24H19N5OS/c1-31-17-10-8-15(9-11-17)23-20-21(18-6-2-3-7-19(18)30-23)28-24-26-14-27-29(24)22(20)16-5-4-12-25-13-16/h2-14,22-23H,1H3,(H,26,27,28)/t22-,23-/m0/s1. The predicted molar refractivity (Wildman–Crippen MR) is 121 cm³/mol. The summed E-state index contributed by atoms with van der Waals surface area (Å²) in [6, 6.07) is 20.5. The fraction of sp³-hybridized carbons (Fsp3) is 0.125. The zero-order chi connectivity index (χ0) is 20.8. The van der Waals surface area contributed by atoms with Crippen LogP contribution >= 0.6 is 11.8 Å². The Morgan fingerprint density at radius 3 is 2.68 bits per heavy atom. The van der Waals surface area contributed by atoms with Crippen LogP contribution in [-0.4, -0.2) is 26.0 Å². The van der Waals surface area contributed by atoms with Crippen LogP contribution in [0, 0.1) is 0 Å². The smallest absolute Gasteiger partial charge is 0.226 e. The van der Waals surface area contributed by atoms with E-state index >= 15 is 0 Å². The summed E-state index contributed by atoms with van der Waals surface area (Å²) < 4.78 is 8.53. The summed E-state index contributed by atoms with van der Waals surface area (Å²) in [6.45, 7) is 0. The lowest BCUT2D eigenvalue weighted by Gasteiger charge is -2.38. The number of fused-ring (bicyclic) bond motifs is 3. The second kappa shape index (κ2) is 7.28. The Morgan fingerprint density at radius 1 is 1.00 bits per heavy atom. The Bertz CT molecular complexity index is 1280. The molecule has 7 heteroatoms. The normalized spacial score (nSPS) is 19.0. The zero-order valence-electron chi connectivity index (χ0n) is 16.8. The van der Waals surface area contributed by atoms with Crippen LogP contribution in [-0.2, 0) is 0 Å². The Hall–Kier alpha value is -3.58. The van der Waals surface area contributed by atoms with Gasteiger partial charge in [-0.3, -0.25) is 4.98 Å². The quantitative estimate of drug-likeness (QED) is 0.468. The SMILES string of the molecule is CSc1ccc([C@@H]2Oc3ccccc3C3=C2[C@H](c2cccnc2)n2ncnc2N3)cc1. The molecular formula is C24H19N5OS. The molecule has 2 aromatic carbocycles. The average Bonchev–Trinajstić information content (AvgIpc) is 3.31. The average molecular weight is 426 g/mol. The molecule has 2 aromatic heterocycles. The van der Waals surface area contributed by atoms with Gasteiger partial charge in [0.15, 0.2) is 0 Å². The van der Waals surface area contributed by atoms with E-state index in [4.69, 9.17) is 4.74 Å². The third kappa shape index (κ3) is 2.92. The number of nitrogens with one attached hydrogen (secondary N) is 1. The molecule has 6 rings (SSSR count). The van der Waals surface area contributed by atoms with Crippen molar-refractivity contribution in [2.45, 2.75) is 17.0 Å². The van der Waals surface area contributed by atoms with Crippen LogP contribution in [0.1, 0.15) is 28.8 Å². The Labute approximate surface area is 184 Å². The van der Waals surface area contributed by atoms with Gasteiger partial charge >= 0.3 is 0 Å². The number of nitrogens with zero attached hydrogens (tertiary/aromatic N) is 4. The van der Waals surface area contributed by atoms with Crippen molar-refractivity contribution in [1.29, 1.82) is 0 Å². The maximum atomic E-state index is 6.62. The second-order valence-electron chi connectivity index (χ2n) is 7.44. The number of pyridine rings is 1. The monoisotopic (exact) mass is 425 g/mol. The number of benzene rings is 2. The molecule has 0 unspecified atom stereocenters. The Kier molecular flexibility index (Phi) is 4.28. The molecule has 152 valence electrons. The van der Waals surface area contributed by atoms with Gasteiger partial charge in [0.1, 0.15) is 24.2 Å². The number of hydrogen-bond donors (Lipinski definition) is 1. The van der Waals surface area contributed by atoms with E-state index in [-0.39, 0.29) is 12.1 Å². The minimum absolute atomic E-state index is 0.180. The van der Waals surface area contributed by atoms with Crippen LogP contribution in [0.2, 0.25) is 0 Å². The van der Waals surface area contributed by atoms with E-state index in [1.807, 2.05) is 35.1 Å². The molecule has 0 fully saturated rings. The number of para-hydroxylation sites is 1. The fourth-order valence-electron chi connectivity index (χ4n) is 4.33. The van der Waals surface area contributed by atoms with Crippen LogP contribution in [0.5, 0.6) is 5.75 Å². The zero-order valence-corrected chi connectivity index (χ0v) is 17.6. The Balaban J connectivity index is 1.60. The summed E-state index contributed by atoms with van der Waals surface area (Å²) in [5, 5.41) is 8.06. The van der Waals surface area contributed by atoms with Crippen LogP contribution in [0.15, 0.2) is 89.9 Å². The van der Waals surface area contributed by atoms with E-state index in [2.05, 4.69) is 63.0 Å². The van der Waals surface area contributed by atoms with Gasteiger partial charge in [0, 0.05) is 28.4 Å². The molecule has 2 aliphatic rings. The summed E-state index contributed by atoms with van der Waals surface area (Å²) in [5.41, 5.74) is 5.28. The predicted octanol–water partition coefficient (Wildman–Crippen LogP) is 4.95. The molecule has 0 bridgehead atoms. The third-order valence-electron chi connectivity index (χ3n) is 5.74. The van der Waals surface area contributed by atoms with Crippen molar-refractivity contribution in [3.05, 3.63) is 102 Å². The number of aromatic nitrogens is 4. The molecule has 0 saturated heterocycles.